The van der Waals surface area contributed by atoms with Crippen LogP contribution in [0, 0.1) is 17.1 Å². The molecule has 2 aromatic carbocycles. The van der Waals surface area contributed by atoms with Crippen molar-refractivity contribution in [1.82, 2.24) is 5.32 Å². The van der Waals surface area contributed by atoms with Gasteiger partial charge in [0.1, 0.15) is 11.9 Å². The molecule has 0 aliphatic carbocycles. The molecular weight excluding hydrogens is 285 g/mol. The van der Waals surface area contributed by atoms with E-state index in [2.05, 4.69) is 10.6 Å². The van der Waals surface area contributed by atoms with E-state index in [1.807, 2.05) is 12.1 Å². The van der Waals surface area contributed by atoms with E-state index < -0.39 is 11.8 Å². The Balaban J connectivity index is 1.97. The number of amides is 2. The van der Waals surface area contributed by atoms with E-state index in [4.69, 9.17) is 10.4 Å². The number of carbonyl (C=O) groups is 1. The number of nitriles is 1. The number of benzene rings is 2. The maximum atomic E-state index is 13.0. The van der Waals surface area contributed by atoms with Crippen molar-refractivity contribution < 1.29 is 14.3 Å². The number of hydrogen-bond donors (Lipinski definition) is 3. The molecule has 22 heavy (non-hydrogen) atoms. The lowest BCUT2D eigenvalue weighted by Gasteiger charge is -2.09. The molecule has 0 aromatic heterocycles. The number of nitrogens with one attached hydrogen (secondary N) is 2. The summed E-state index contributed by atoms with van der Waals surface area (Å²) in [6.45, 7) is 0.198. The molecule has 0 fully saturated rings. The van der Waals surface area contributed by atoms with E-state index in [9.17, 15) is 9.18 Å². The summed E-state index contributed by atoms with van der Waals surface area (Å²) in [5.74, 6) is -0.539. The van der Waals surface area contributed by atoms with E-state index in [1.165, 1.54) is 12.1 Å². The second kappa shape index (κ2) is 7.20. The van der Waals surface area contributed by atoms with Gasteiger partial charge in [0.05, 0.1) is 17.9 Å². The summed E-state index contributed by atoms with van der Waals surface area (Å²) in [5.41, 5.74) is 1.88. The largest absolute Gasteiger partial charge is 0.392 e. The zero-order valence-electron chi connectivity index (χ0n) is 11.6. The minimum Gasteiger partial charge on any atom is -0.392 e. The Labute approximate surface area is 127 Å². The third kappa shape index (κ3) is 4.04. The van der Waals surface area contributed by atoms with E-state index >= 15 is 0 Å². The smallest absolute Gasteiger partial charge is 0.319 e. The monoisotopic (exact) mass is 299 g/mol. The summed E-state index contributed by atoms with van der Waals surface area (Å²) in [5, 5.41) is 23.1. The molecule has 2 rings (SSSR count). The van der Waals surface area contributed by atoms with Gasteiger partial charge in [0.15, 0.2) is 0 Å². The maximum Gasteiger partial charge on any atom is 0.319 e. The number of carbonyl (C=O) groups excluding carboxylic acids is 1. The van der Waals surface area contributed by atoms with Crippen LogP contribution in [-0.2, 0) is 13.2 Å². The summed E-state index contributed by atoms with van der Waals surface area (Å²) in [6.07, 6.45) is 0. The first-order valence-electron chi connectivity index (χ1n) is 6.55. The van der Waals surface area contributed by atoms with Crippen LogP contribution >= 0.6 is 0 Å². The molecule has 0 heterocycles. The molecule has 3 N–H and O–H groups in total. The topological polar surface area (TPSA) is 85.2 Å². The van der Waals surface area contributed by atoms with E-state index in [0.29, 0.717) is 0 Å². The van der Waals surface area contributed by atoms with Crippen LogP contribution in [0.3, 0.4) is 0 Å². The average Bonchev–Trinajstić information content (AvgIpc) is 2.54. The number of hydrogen-bond acceptors (Lipinski definition) is 3. The molecule has 2 aromatic rings. The van der Waals surface area contributed by atoms with Crippen LogP contribution in [0.5, 0.6) is 0 Å². The van der Waals surface area contributed by atoms with Gasteiger partial charge in [-0.05, 0) is 29.3 Å². The van der Waals surface area contributed by atoms with Gasteiger partial charge in [0, 0.05) is 6.54 Å². The molecule has 0 unspecified atom stereocenters. The van der Waals surface area contributed by atoms with Crippen molar-refractivity contribution in [3.8, 4) is 6.07 Å². The molecular formula is C16H14FN3O2. The second-order valence-corrected chi connectivity index (χ2v) is 4.59. The summed E-state index contributed by atoms with van der Waals surface area (Å²) in [4.78, 5) is 11.8. The number of aliphatic hydroxyl groups excluding tert-OH is 1. The van der Waals surface area contributed by atoms with Crippen molar-refractivity contribution in [2.24, 2.45) is 0 Å². The summed E-state index contributed by atoms with van der Waals surface area (Å²) < 4.78 is 13.0. The van der Waals surface area contributed by atoms with Crippen LogP contribution in [0.15, 0.2) is 42.5 Å². The van der Waals surface area contributed by atoms with Gasteiger partial charge in [-0.15, -0.1) is 0 Å². The van der Waals surface area contributed by atoms with Crippen LogP contribution in [0.25, 0.3) is 0 Å². The number of halogens is 1. The molecule has 5 nitrogen and oxygen atoms in total. The molecule has 0 aliphatic heterocycles. The highest BCUT2D eigenvalue weighted by Gasteiger charge is 2.07. The van der Waals surface area contributed by atoms with Gasteiger partial charge in [0.25, 0.3) is 0 Å². The summed E-state index contributed by atoms with van der Waals surface area (Å²) in [6, 6.07) is 12.0. The Morgan fingerprint density at radius 2 is 2.00 bits per heavy atom. The van der Waals surface area contributed by atoms with Crippen molar-refractivity contribution in [2.45, 2.75) is 13.2 Å². The molecule has 0 aliphatic rings. The number of urea groups is 1. The quantitative estimate of drug-likeness (QED) is 0.811. The van der Waals surface area contributed by atoms with Crippen molar-refractivity contribution in [2.75, 3.05) is 5.32 Å². The van der Waals surface area contributed by atoms with Crippen LogP contribution in [0.2, 0.25) is 0 Å². The fraction of sp³-hybridized carbons (Fsp3) is 0.125. The number of nitrogens with zero attached hydrogens (tertiary/aromatic N) is 1. The van der Waals surface area contributed by atoms with Gasteiger partial charge < -0.3 is 15.7 Å². The molecule has 0 bridgehead atoms. The lowest BCUT2D eigenvalue weighted by Crippen LogP contribution is -2.28. The van der Waals surface area contributed by atoms with Gasteiger partial charge in [0.2, 0.25) is 0 Å². The zero-order chi connectivity index (χ0) is 15.9. The van der Waals surface area contributed by atoms with Gasteiger partial charge in [-0.25, -0.2) is 9.18 Å². The molecule has 112 valence electrons. The minimum atomic E-state index is -0.539. The number of aliphatic hydroxyl groups is 1. The van der Waals surface area contributed by atoms with Crippen molar-refractivity contribution in [3.05, 3.63) is 65.0 Å². The third-order valence-electron chi connectivity index (χ3n) is 2.98. The van der Waals surface area contributed by atoms with Crippen LogP contribution < -0.4 is 10.6 Å². The Morgan fingerprint density at radius 3 is 2.73 bits per heavy atom. The van der Waals surface area contributed by atoms with Crippen molar-refractivity contribution in [3.63, 3.8) is 0 Å². The van der Waals surface area contributed by atoms with Gasteiger partial charge in [-0.2, -0.15) is 5.26 Å². The van der Waals surface area contributed by atoms with E-state index in [-0.39, 0.29) is 24.4 Å². The SMILES string of the molecule is N#Cc1cc(F)ccc1NC(=O)NCc1cccc(CO)c1. The van der Waals surface area contributed by atoms with Crippen LogP contribution in [-0.4, -0.2) is 11.1 Å². The van der Waals surface area contributed by atoms with Crippen molar-refractivity contribution in [1.29, 1.82) is 5.26 Å². The first-order chi connectivity index (χ1) is 10.6. The summed E-state index contributed by atoms with van der Waals surface area (Å²) >= 11 is 0. The Kier molecular flexibility index (Phi) is 5.07. The predicted octanol–water partition coefficient (Wildman–Crippen LogP) is 2.51. The average molecular weight is 299 g/mol. The highest BCUT2D eigenvalue weighted by Crippen LogP contribution is 2.15. The standard InChI is InChI=1S/C16H14FN3O2/c17-14-4-5-15(13(7-14)8-18)20-16(22)19-9-11-2-1-3-12(6-11)10-21/h1-7,21H,9-10H2,(H2,19,20,22). The molecule has 0 atom stereocenters. The second-order valence-electron chi connectivity index (χ2n) is 4.59. The normalized spacial score (nSPS) is 9.86. The van der Waals surface area contributed by atoms with E-state index in [0.717, 1.165) is 17.2 Å². The molecule has 6 heteroatoms. The first-order valence-corrected chi connectivity index (χ1v) is 6.55. The highest BCUT2D eigenvalue weighted by molar-refractivity contribution is 5.90. The van der Waals surface area contributed by atoms with Crippen LogP contribution in [0.1, 0.15) is 16.7 Å². The summed E-state index contributed by atoms with van der Waals surface area (Å²) in [7, 11) is 0. The fourth-order valence-electron chi connectivity index (χ4n) is 1.90. The molecule has 0 radical (unpaired) electrons. The Bertz CT molecular complexity index is 726. The van der Waals surface area contributed by atoms with Crippen molar-refractivity contribution >= 4 is 11.7 Å². The maximum absolute atomic E-state index is 13.0. The third-order valence-corrected chi connectivity index (χ3v) is 2.98. The molecule has 2 amide bonds. The lowest BCUT2D eigenvalue weighted by atomic mass is 10.1. The number of anilines is 1. The molecule has 0 saturated heterocycles. The Hall–Kier alpha value is -2.91. The Morgan fingerprint density at radius 1 is 1.23 bits per heavy atom. The number of rotatable bonds is 4. The fourth-order valence-corrected chi connectivity index (χ4v) is 1.90. The predicted molar refractivity (Wildman–Crippen MR) is 79.3 cm³/mol. The molecule has 0 saturated carbocycles. The first kappa shape index (κ1) is 15.5. The highest BCUT2D eigenvalue weighted by atomic mass is 19.1. The van der Waals surface area contributed by atoms with Gasteiger partial charge in [-0.1, -0.05) is 24.3 Å². The van der Waals surface area contributed by atoms with Gasteiger partial charge in [-0.3, -0.25) is 0 Å². The van der Waals surface area contributed by atoms with Crippen LogP contribution in [0.4, 0.5) is 14.9 Å². The van der Waals surface area contributed by atoms with Gasteiger partial charge >= 0.3 is 6.03 Å². The van der Waals surface area contributed by atoms with E-state index in [1.54, 1.807) is 18.2 Å². The minimum absolute atomic E-state index is 0.0532. The lowest BCUT2D eigenvalue weighted by molar-refractivity contribution is 0.251. The zero-order valence-corrected chi connectivity index (χ0v) is 11.6. The molecule has 0 spiro atoms.